The van der Waals surface area contributed by atoms with Gasteiger partial charge in [0.2, 0.25) is 5.91 Å². The highest BCUT2D eigenvalue weighted by Gasteiger charge is 2.05. The highest BCUT2D eigenvalue weighted by atomic mass is 19.2. The summed E-state index contributed by atoms with van der Waals surface area (Å²) in [4.78, 5) is 20.5. The van der Waals surface area contributed by atoms with Crippen LogP contribution in [0.25, 0.3) is 0 Å². The number of rotatable bonds is 3. The fourth-order valence-corrected chi connectivity index (χ4v) is 0.833. The summed E-state index contributed by atoms with van der Waals surface area (Å²) >= 11 is 0. The maximum Gasteiger partial charge on any atom is 0.249 e. The molecule has 0 unspecified atom stereocenters. The van der Waals surface area contributed by atoms with Crippen molar-refractivity contribution < 1.29 is 13.6 Å². The Labute approximate surface area is 77.9 Å². The van der Waals surface area contributed by atoms with E-state index in [4.69, 9.17) is 0 Å². The van der Waals surface area contributed by atoms with Gasteiger partial charge in [-0.25, -0.2) is 8.78 Å². The number of halogens is 2. The third kappa shape index (κ3) is 2.58. The van der Waals surface area contributed by atoms with Gasteiger partial charge in [-0.2, -0.15) is 4.91 Å². The van der Waals surface area contributed by atoms with Crippen LogP contribution in [-0.2, 0) is 4.79 Å². The summed E-state index contributed by atoms with van der Waals surface area (Å²) in [5.41, 5.74) is 0.0811. The molecule has 0 saturated carbocycles. The molecule has 0 saturated heterocycles. The predicted molar refractivity (Wildman–Crippen MR) is 45.6 cm³/mol. The van der Waals surface area contributed by atoms with Gasteiger partial charge in [0.05, 0.1) is 0 Å². The SMILES string of the molecule is O=NCC(=O)Nc1ccc(F)c(F)c1. The van der Waals surface area contributed by atoms with Crippen LogP contribution in [0.4, 0.5) is 14.5 Å². The number of benzene rings is 1. The number of amides is 1. The second-order valence-electron chi connectivity index (χ2n) is 2.46. The van der Waals surface area contributed by atoms with Gasteiger partial charge in [0.1, 0.15) is 0 Å². The van der Waals surface area contributed by atoms with Crippen LogP contribution in [0.2, 0.25) is 0 Å². The average molecular weight is 200 g/mol. The highest BCUT2D eigenvalue weighted by Crippen LogP contribution is 2.12. The molecule has 6 heteroatoms. The number of carbonyl (C=O) groups is 1. The van der Waals surface area contributed by atoms with E-state index in [2.05, 4.69) is 10.5 Å². The van der Waals surface area contributed by atoms with Crippen LogP contribution in [-0.4, -0.2) is 12.5 Å². The molecule has 74 valence electrons. The minimum absolute atomic E-state index is 0.0811. The zero-order valence-electron chi connectivity index (χ0n) is 6.96. The smallest absolute Gasteiger partial charge is 0.249 e. The molecule has 0 atom stereocenters. The Hall–Kier alpha value is -1.85. The van der Waals surface area contributed by atoms with Crippen molar-refractivity contribution in [3.05, 3.63) is 34.7 Å². The lowest BCUT2D eigenvalue weighted by molar-refractivity contribution is -0.114. The summed E-state index contributed by atoms with van der Waals surface area (Å²) in [6.45, 7) is -0.557. The van der Waals surface area contributed by atoms with Crippen LogP contribution < -0.4 is 5.32 Å². The van der Waals surface area contributed by atoms with E-state index in [-0.39, 0.29) is 5.69 Å². The molecule has 0 spiro atoms. The number of nitrogens with zero attached hydrogens (tertiary/aromatic N) is 1. The number of carbonyl (C=O) groups excluding carboxylic acids is 1. The lowest BCUT2D eigenvalue weighted by atomic mass is 10.3. The molecule has 1 N–H and O–H groups in total. The Morgan fingerprint density at radius 1 is 1.36 bits per heavy atom. The number of hydrogen-bond acceptors (Lipinski definition) is 3. The number of nitrogens with one attached hydrogen (secondary N) is 1. The molecule has 0 aliphatic rings. The average Bonchev–Trinajstić information content (AvgIpc) is 2.12. The Morgan fingerprint density at radius 3 is 2.64 bits per heavy atom. The molecule has 1 rings (SSSR count). The molecule has 1 aromatic rings. The van der Waals surface area contributed by atoms with Gasteiger partial charge in [0, 0.05) is 11.8 Å². The first-order chi connectivity index (χ1) is 6.63. The Bertz CT molecular complexity index is 368. The summed E-state index contributed by atoms with van der Waals surface area (Å²) in [5, 5.41) is 4.51. The van der Waals surface area contributed by atoms with Crippen molar-refractivity contribution in [2.24, 2.45) is 5.18 Å². The standard InChI is InChI=1S/C8H6F2N2O2/c9-6-2-1-5(3-7(6)10)12-8(13)4-11-14/h1-3H,4H2,(H,12,13). The fraction of sp³-hybridized carbons (Fsp3) is 0.125. The molecule has 0 fully saturated rings. The minimum Gasteiger partial charge on any atom is -0.324 e. The number of nitroso groups, excluding NO2 is 1. The fourth-order valence-electron chi connectivity index (χ4n) is 0.833. The van der Waals surface area contributed by atoms with Crippen molar-refractivity contribution in [1.82, 2.24) is 0 Å². The van der Waals surface area contributed by atoms with Gasteiger partial charge in [-0.05, 0) is 12.1 Å². The summed E-state index contributed by atoms with van der Waals surface area (Å²) in [5.74, 6) is -2.75. The highest BCUT2D eigenvalue weighted by molar-refractivity contribution is 5.92. The molecule has 1 aromatic carbocycles. The summed E-state index contributed by atoms with van der Waals surface area (Å²) < 4.78 is 25.0. The van der Waals surface area contributed by atoms with Gasteiger partial charge in [-0.15, -0.1) is 0 Å². The van der Waals surface area contributed by atoms with Gasteiger partial charge in [-0.3, -0.25) is 4.79 Å². The van der Waals surface area contributed by atoms with Crippen LogP contribution in [0.3, 0.4) is 0 Å². The van der Waals surface area contributed by atoms with E-state index in [0.29, 0.717) is 0 Å². The summed E-state index contributed by atoms with van der Waals surface area (Å²) in [7, 11) is 0. The van der Waals surface area contributed by atoms with Crippen LogP contribution in [0, 0.1) is 16.5 Å². The van der Waals surface area contributed by atoms with E-state index in [9.17, 15) is 18.5 Å². The molecule has 0 heterocycles. The van der Waals surface area contributed by atoms with Crippen LogP contribution in [0.5, 0.6) is 0 Å². The third-order valence-corrected chi connectivity index (χ3v) is 1.41. The van der Waals surface area contributed by atoms with E-state index in [0.717, 1.165) is 12.1 Å². The zero-order valence-corrected chi connectivity index (χ0v) is 6.96. The van der Waals surface area contributed by atoms with Crippen LogP contribution in [0.1, 0.15) is 0 Å². The Kier molecular flexibility index (Phi) is 3.22. The largest absolute Gasteiger partial charge is 0.324 e. The van der Waals surface area contributed by atoms with Crippen LogP contribution >= 0.6 is 0 Å². The molecule has 0 aliphatic carbocycles. The lowest BCUT2D eigenvalue weighted by Gasteiger charge is -2.02. The second kappa shape index (κ2) is 4.40. The molecule has 0 aliphatic heterocycles. The van der Waals surface area contributed by atoms with Gasteiger partial charge < -0.3 is 5.32 Å². The first-order valence-electron chi connectivity index (χ1n) is 3.67. The number of hydrogen-bond donors (Lipinski definition) is 1. The van der Waals surface area contributed by atoms with Gasteiger partial charge >= 0.3 is 0 Å². The lowest BCUT2D eigenvalue weighted by Crippen LogP contribution is -2.14. The monoisotopic (exact) mass is 200 g/mol. The molecule has 0 bridgehead atoms. The Balaban J connectivity index is 2.72. The molecular formula is C8H6F2N2O2. The Morgan fingerprint density at radius 2 is 2.07 bits per heavy atom. The van der Waals surface area contributed by atoms with E-state index in [1.807, 2.05) is 0 Å². The topological polar surface area (TPSA) is 58.5 Å². The molecule has 0 aromatic heterocycles. The van der Waals surface area contributed by atoms with Gasteiger partial charge in [0.15, 0.2) is 18.2 Å². The first-order valence-corrected chi connectivity index (χ1v) is 3.67. The van der Waals surface area contributed by atoms with Gasteiger partial charge in [-0.1, -0.05) is 5.18 Å². The van der Waals surface area contributed by atoms with E-state index >= 15 is 0 Å². The molecule has 1 amide bonds. The van der Waals surface area contributed by atoms with Crippen molar-refractivity contribution in [1.29, 1.82) is 0 Å². The van der Waals surface area contributed by atoms with Crippen molar-refractivity contribution in [3.63, 3.8) is 0 Å². The molecule has 14 heavy (non-hydrogen) atoms. The zero-order chi connectivity index (χ0) is 10.6. The maximum atomic E-state index is 12.6. The second-order valence-corrected chi connectivity index (χ2v) is 2.46. The van der Waals surface area contributed by atoms with E-state index in [1.165, 1.54) is 6.07 Å². The van der Waals surface area contributed by atoms with Crippen molar-refractivity contribution in [2.45, 2.75) is 0 Å². The molecule has 0 radical (unpaired) electrons. The maximum absolute atomic E-state index is 12.6. The van der Waals surface area contributed by atoms with Crippen molar-refractivity contribution in [2.75, 3.05) is 11.9 Å². The van der Waals surface area contributed by atoms with Crippen molar-refractivity contribution in [3.8, 4) is 0 Å². The minimum atomic E-state index is -1.07. The predicted octanol–water partition coefficient (Wildman–Crippen LogP) is 1.67. The summed E-state index contributed by atoms with van der Waals surface area (Å²) in [6, 6.07) is 2.87. The molecular weight excluding hydrogens is 194 g/mol. The van der Waals surface area contributed by atoms with Gasteiger partial charge in [0.25, 0.3) is 0 Å². The summed E-state index contributed by atoms with van der Waals surface area (Å²) in [6.07, 6.45) is 0. The van der Waals surface area contributed by atoms with Crippen LogP contribution in [0.15, 0.2) is 23.4 Å². The van der Waals surface area contributed by atoms with E-state index in [1.54, 1.807) is 0 Å². The number of anilines is 1. The third-order valence-electron chi connectivity index (χ3n) is 1.41. The quantitative estimate of drug-likeness (QED) is 0.754. The van der Waals surface area contributed by atoms with E-state index < -0.39 is 24.1 Å². The molecule has 4 nitrogen and oxygen atoms in total. The van der Waals surface area contributed by atoms with Crippen molar-refractivity contribution >= 4 is 11.6 Å². The first kappa shape index (κ1) is 10.2. The normalized spacial score (nSPS) is 9.57.